The van der Waals surface area contributed by atoms with Gasteiger partial charge in [0.05, 0.1) is 26.4 Å². The van der Waals surface area contributed by atoms with E-state index in [9.17, 15) is 43.2 Å². The normalized spacial score (nSPS) is 14.2. The number of carbonyl (C=O) groups is 4. The Hall–Kier alpha value is -1.94. The second kappa shape index (κ2) is 59.4. The van der Waals surface area contributed by atoms with Crippen molar-refractivity contribution >= 4 is 39.5 Å². The predicted octanol–water partition coefficient (Wildman–Crippen LogP) is 18.8. The Morgan fingerprint density at radius 3 is 0.791 bits per heavy atom. The first-order valence-electron chi connectivity index (χ1n) is 35.0. The molecule has 0 aromatic carbocycles. The zero-order chi connectivity index (χ0) is 63.6. The van der Waals surface area contributed by atoms with Gasteiger partial charge in [-0.3, -0.25) is 37.3 Å². The number of aliphatic hydroxyl groups excluding tert-OH is 1. The molecule has 0 rings (SSSR count). The molecule has 0 spiro atoms. The lowest BCUT2D eigenvalue weighted by Crippen LogP contribution is -2.30. The van der Waals surface area contributed by atoms with Crippen LogP contribution in [0.2, 0.25) is 0 Å². The van der Waals surface area contributed by atoms with Crippen LogP contribution >= 0.6 is 15.6 Å². The lowest BCUT2D eigenvalue weighted by molar-refractivity contribution is -0.161. The Morgan fingerprint density at radius 1 is 0.314 bits per heavy atom. The average molecular weight is 1270 g/mol. The van der Waals surface area contributed by atoms with Crippen LogP contribution in [0.15, 0.2) is 0 Å². The minimum atomic E-state index is -4.95. The molecule has 0 aliphatic heterocycles. The average Bonchev–Trinajstić information content (AvgIpc) is 3.59. The van der Waals surface area contributed by atoms with Crippen LogP contribution < -0.4 is 0 Å². The van der Waals surface area contributed by atoms with E-state index in [1.54, 1.807) is 0 Å². The second-order valence-corrected chi connectivity index (χ2v) is 28.1. The fourth-order valence-electron chi connectivity index (χ4n) is 10.1. The molecular weight excluding hydrogens is 1140 g/mol. The Bertz CT molecular complexity index is 1680. The van der Waals surface area contributed by atoms with Gasteiger partial charge < -0.3 is 33.8 Å². The molecule has 86 heavy (non-hydrogen) atoms. The molecule has 3 N–H and O–H groups in total. The van der Waals surface area contributed by atoms with Crippen molar-refractivity contribution in [1.82, 2.24) is 0 Å². The first-order valence-corrected chi connectivity index (χ1v) is 38.0. The fraction of sp³-hybridized carbons (Fsp3) is 0.940. The summed E-state index contributed by atoms with van der Waals surface area (Å²) in [6, 6.07) is 0. The summed E-state index contributed by atoms with van der Waals surface area (Å²) < 4.78 is 68.1. The van der Waals surface area contributed by atoms with Crippen molar-refractivity contribution in [3.63, 3.8) is 0 Å². The van der Waals surface area contributed by atoms with Crippen LogP contribution in [0.5, 0.6) is 0 Å². The number of hydrogen-bond acceptors (Lipinski definition) is 15. The van der Waals surface area contributed by atoms with Crippen LogP contribution in [0, 0.1) is 11.8 Å². The number of esters is 4. The summed E-state index contributed by atoms with van der Waals surface area (Å²) in [5.74, 6) is -0.647. The Balaban J connectivity index is 5.23. The molecule has 0 radical (unpaired) electrons. The monoisotopic (exact) mass is 1270 g/mol. The number of rotatable bonds is 66. The molecule has 0 bridgehead atoms. The zero-order valence-electron chi connectivity index (χ0n) is 55.6. The van der Waals surface area contributed by atoms with Crippen LogP contribution in [0.3, 0.4) is 0 Å². The van der Waals surface area contributed by atoms with Gasteiger partial charge in [-0.2, -0.15) is 0 Å². The number of carbonyl (C=O) groups excluding carboxylic acids is 4. The van der Waals surface area contributed by atoms with Crippen molar-refractivity contribution in [3.05, 3.63) is 0 Å². The first kappa shape index (κ1) is 84.1. The van der Waals surface area contributed by atoms with Gasteiger partial charge in [0.15, 0.2) is 12.2 Å². The summed E-state index contributed by atoms with van der Waals surface area (Å²) in [6.07, 6.45) is 43.1. The number of hydrogen-bond donors (Lipinski definition) is 3. The van der Waals surface area contributed by atoms with E-state index in [0.29, 0.717) is 25.7 Å². The van der Waals surface area contributed by atoms with Crippen molar-refractivity contribution in [1.29, 1.82) is 0 Å². The number of phosphoric acid groups is 2. The van der Waals surface area contributed by atoms with Crippen molar-refractivity contribution in [2.24, 2.45) is 11.8 Å². The van der Waals surface area contributed by atoms with Gasteiger partial charge in [-0.25, -0.2) is 9.13 Å². The third-order valence-corrected chi connectivity index (χ3v) is 17.4. The molecule has 5 atom stereocenters. The Labute approximate surface area is 524 Å². The number of phosphoric ester groups is 2. The van der Waals surface area contributed by atoms with Crippen LogP contribution in [-0.2, 0) is 65.4 Å². The van der Waals surface area contributed by atoms with E-state index < -0.39 is 97.5 Å². The fourth-order valence-corrected chi connectivity index (χ4v) is 11.6. The summed E-state index contributed by atoms with van der Waals surface area (Å²) in [4.78, 5) is 72.3. The molecule has 510 valence electrons. The number of aliphatic hydroxyl groups is 1. The van der Waals surface area contributed by atoms with E-state index in [1.165, 1.54) is 148 Å². The zero-order valence-corrected chi connectivity index (χ0v) is 57.4. The molecule has 19 heteroatoms. The van der Waals surface area contributed by atoms with Crippen LogP contribution in [0.4, 0.5) is 0 Å². The van der Waals surface area contributed by atoms with Crippen LogP contribution in [0.25, 0.3) is 0 Å². The van der Waals surface area contributed by atoms with E-state index in [4.69, 9.17) is 37.0 Å². The van der Waals surface area contributed by atoms with Crippen LogP contribution in [-0.4, -0.2) is 96.7 Å². The summed E-state index contributed by atoms with van der Waals surface area (Å²) >= 11 is 0. The molecule has 0 aromatic rings. The quantitative estimate of drug-likeness (QED) is 0.0222. The largest absolute Gasteiger partial charge is 0.472 e. The Kier molecular flexibility index (Phi) is 58.0. The molecule has 0 saturated heterocycles. The molecule has 0 fully saturated rings. The maximum atomic E-state index is 13.0. The molecule has 0 aliphatic carbocycles. The third-order valence-electron chi connectivity index (χ3n) is 15.5. The molecular formula is C67H130O17P2. The highest BCUT2D eigenvalue weighted by molar-refractivity contribution is 7.47. The van der Waals surface area contributed by atoms with Gasteiger partial charge in [0, 0.05) is 25.7 Å². The van der Waals surface area contributed by atoms with Gasteiger partial charge >= 0.3 is 39.5 Å². The van der Waals surface area contributed by atoms with E-state index >= 15 is 0 Å². The smallest absolute Gasteiger partial charge is 0.462 e. The van der Waals surface area contributed by atoms with Gasteiger partial charge in [0.2, 0.25) is 0 Å². The van der Waals surface area contributed by atoms with Gasteiger partial charge in [-0.1, -0.05) is 286 Å². The summed E-state index contributed by atoms with van der Waals surface area (Å²) in [7, 11) is -9.89. The van der Waals surface area contributed by atoms with E-state index in [-0.39, 0.29) is 25.7 Å². The van der Waals surface area contributed by atoms with Gasteiger partial charge in [0.25, 0.3) is 0 Å². The molecule has 0 saturated carbocycles. The predicted molar refractivity (Wildman–Crippen MR) is 345 cm³/mol. The van der Waals surface area contributed by atoms with E-state index in [1.807, 2.05) is 0 Å². The molecule has 0 aliphatic rings. The number of ether oxygens (including phenoxy) is 4. The molecule has 2 unspecified atom stereocenters. The van der Waals surface area contributed by atoms with E-state index in [2.05, 4.69) is 41.5 Å². The molecule has 0 heterocycles. The topological polar surface area (TPSA) is 237 Å². The van der Waals surface area contributed by atoms with Crippen molar-refractivity contribution in [2.75, 3.05) is 39.6 Å². The minimum Gasteiger partial charge on any atom is -0.462 e. The maximum Gasteiger partial charge on any atom is 0.472 e. The van der Waals surface area contributed by atoms with Gasteiger partial charge in [-0.05, 0) is 37.5 Å². The van der Waals surface area contributed by atoms with Crippen molar-refractivity contribution in [3.8, 4) is 0 Å². The summed E-state index contributed by atoms with van der Waals surface area (Å²) in [6.45, 7) is 9.46. The van der Waals surface area contributed by atoms with Crippen LogP contribution in [0.1, 0.15) is 337 Å². The summed E-state index contributed by atoms with van der Waals surface area (Å²) in [5.41, 5.74) is 0. The third kappa shape index (κ3) is 60.9. The number of unbranched alkanes of at least 4 members (excludes halogenated alkanes) is 36. The molecule has 0 aromatic heterocycles. The standard InChI is InChI=1S/C67H130O17P2/c1-7-9-11-13-15-17-18-19-22-25-32-38-44-50-65(70)78-56-63(83-66(71)51-45-39-33-26-23-20-21-24-29-35-41-47-59(3)4)58-82-86(75,76)80-54-61(68)53-79-85(73,74)81-57-62(55-77-64(69)49-43-37-31-16-14-12-10-8-2)84-67(72)52-46-40-34-28-27-30-36-42-48-60(5)6/h59-63,68H,7-58H2,1-6H3,(H,73,74)(H,75,76)/t61-,62+,63+/m0/s1. The van der Waals surface area contributed by atoms with Gasteiger partial charge in [0.1, 0.15) is 19.3 Å². The summed E-state index contributed by atoms with van der Waals surface area (Å²) in [5, 5.41) is 10.6. The first-order chi connectivity index (χ1) is 41.4. The lowest BCUT2D eigenvalue weighted by Gasteiger charge is -2.21. The SMILES string of the molecule is CCCCCCCCCCCCCCCC(=O)OC[C@H](COP(=O)(O)OC[C@@H](O)COP(=O)(O)OC[C@@H](COC(=O)CCCCCCCCCC)OC(=O)CCCCCCCCCCC(C)C)OC(=O)CCCCCCCCCCCCCC(C)C. The molecule has 17 nitrogen and oxygen atoms in total. The molecule has 0 amide bonds. The second-order valence-electron chi connectivity index (χ2n) is 25.2. The highest BCUT2D eigenvalue weighted by Crippen LogP contribution is 2.45. The Morgan fingerprint density at radius 2 is 0.535 bits per heavy atom. The van der Waals surface area contributed by atoms with Crippen molar-refractivity contribution in [2.45, 2.75) is 355 Å². The minimum absolute atomic E-state index is 0.104. The van der Waals surface area contributed by atoms with E-state index in [0.717, 1.165) is 108 Å². The highest BCUT2D eigenvalue weighted by Gasteiger charge is 2.30. The van der Waals surface area contributed by atoms with Gasteiger partial charge in [-0.15, -0.1) is 0 Å². The lowest BCUT2D eigenvalue weighted by atomic mass is 10.0. The maximum absolute atomic E-state index is 13.0. The highest BCUT2D eigenvalue weighted by atomic mass is 31.2. The van der Waals surface area contributed by atoms with Crippen molar-refractivity contribution < 1.29 is 80.2 Å².